The Morgan fingerprint density at radius 2 is 2.05 bits per heavy atom. The minimum absolute atomic E-state index is 0.363. The van der Waals surface area contributed by atoms with Gasteiger partial charge in [-0.1, -0.05) is 16.8 Å². The van der Waals surface area contributed by atoms with E-state index < -0.39 is 0 Å². The maximum absolute atomic E-state index is 5.97. The van der Waals surface area contributed by atoms with E-state index in [4.69, 9.17) is 11.6 Å². The van der Waals surface area contributed by atoms with Crippen LogP contribution in [-0.4, -0.2) is 43.7 Å². The highest BCUT2D eigenvalue weighted by molar-refractivity contribution is 6.31. The van der Waals surface area contributed by atoms with Crippen LogP contribution in [0.1, 0.15) is 24.6 Å². The average molecular weight is 316 g/mol. The van der Waals surface area contributed by atoms with Crippen molar-refractivity contribution in [2.45, 2.75) is 18.8 Å². The molecule has 0 spiro atoms. The SMILES string of the molecule is Clc1ccc2nc(N3CCC(c4nn[nH]n4)CC3)cnc2c1. The van der Waals surface area contributed by atoms with Gasteiger partial charge < -0.3 is 4.90 Å². The summed E-state index contributed by atoms with van der Waals surface area (Å²) in [6.45, 7) is 1.82. The van der Waals surface area contributed by atoms with Crippen LogP contribution in [0, 0.1) is 0 Å². The fraction of sp³-hybridized carbons (Fsp3) is 0.357. The summed E-state index contributed by atoms with van der Waals surface area (Å²) < 4.78 is 0. The number of hydrogen-bond donors (Lipinski definition) is 1. The molecule has 22 heavy (non-hydrogen) atoms. The van der Waals surface area contributed by atoms with Crippen molar-refractivity contribution in [1.29, 1.82) is 0 Å². The Bertz CT molecular complexity index is 781. The number of piperidine rings is 1. The van der Waals surface area contributed by atoms with Gasteiger partial charge in [0, 0.05) is 24.0 Å². The molecule has 3 heterocycles. The summed E-state index contributed by atoms with van der Waals surface area (Å²) in [7, 11) is 0. The van der Waals surface area contributed by atoms with Crippen LogP contribution in [0.5, 0.6) is 0 Å². The molecule has 0 radical (unpaired) electrons. The van der Waals surface area contributed by atoms with E-state index in [2.05, 4.69) is 35.5 Å². The van der Waals surface area contributed by atoms with Gasteiger partial charge in [0.2, 0.25) is 0 Å². The Balaban J connectivity index is 1.52. The Labute approximate surface area is 131 Å². The lowest BCUT2D eigenvalue weighted by Gasteiger charge is -2.31. The fourth-order valence-corrected chi connectivity index (χ4v) is 3.00. The number of fused-ring (bicyclic) bond motifs is 1. The number of nitrogens with zero attached hydrogens (tertiary/aromatic N) is 6. The van der Waals surface area contributed by atoms with E-state index in [1.54, 1.807) is 0 Å². The van der Waals surface area contributed by atoms with Crippen molar-refractivity contribution in [2.75, 3.05) is 18.0 Å². The first-order chi connectivity index (χ1) is 10.8. The lowest BCUT2D eigenvalue weighted by Crippen LogP contribution is -2.33. The van der Waals surface area contributed by atoms with Crippen molar-refractivity contribution in [3.8, 4) is 0 Å². The van der Waals surface area contributed by atoms with Crippen molar-refractivity contribution in [3.63, 3.8) is 0 Å². The smallest absolute Gasteiger partial charge is 0.177 e. The lowest BCUT2D eigenvalue weighted by molar-refractivity contribution is 0.483. The molecule has 2 aromatic heterocycles. The average Bonchev–Trinajstić information content (AvgIpc) is 3.09. The number of rotatable bonds is 2. The minimum Gasteiger partial charge on any atom is -0.355 e. The molecule has 1 aromatic carbocycles. The van der Waals surface area contributed by atoms with E-state index in [9.17, 15) is 0 Å². The molecule has 112 valence electrons. The van der Waals surface area contributed by atoms with Crippen LogP contribution in [0.2, 0.25) is 5.02 Å². The predicted molar refractivity (Wildman–Crippen MR) is 82.9 cm³/mol. The number of aromatic nitrogens is 6. The standard InChI is InChI=1S/C14H14ClN7/c15-10-1-2-11-12(7-10)16-8-13(17-11)22-5-3-9(4-6-22)14-18-20-21-19-14/h1-2,7-9H,3-6H2,(H,18,19,20,21). The largest absolute Gasteiger partial charge is 0.355 e. The van der Waals surface area contributed by atoms with E-state index in [1.807, 2.05) is 24.4 Å². The van der Waals surface area contributed by atoms with Crippen LogP contribution in [0.4, 0.5) is 5.82 Å². The topological polar surface area (TPSA) is 83.5 Å². The second-order valence-electron chi connectivity index (χ2n) is 5.39. The highest BCUT2D eigenvalue weighted by Gasteiger charge is 2.24. The number of hydrogen-bond acceptors (Lipinski definition) is 6. The Hall–Kier alpha value is -2.28. The van der Waals surface area contributed by atoms with Crippen molar-refractivity contribution in [2.24, 2.45) is 0 Å². The van der Waals surface area contributed by atoms with Gasteiger partial charge in [-0.15, -0.1) is 10.2 Å². The molecule has 1 saturated heterocycles. The second-order valence-corrected chi connectivity index (χ2v) is 5.83. The Morgan fingerprint density at radius 3 is 2.82 bits per heavy atom. The molecule has 0 saturated carbocycles. The summed E-state index contributed by atoms with van der Waals surface area (Å²) in [5.41, 5.74) is 1.68. The zero-order valence-corrected chi connectivity index (χ0v) is 12.5. The normalized spacial score (nSPS) is 16.3. The third-order valence-corrected chi connectivity index (χ3v) is 4.27. The highest BCUT2D eigenvalue weighted by atomic mass is 35.5. The van der Waals surface area contributed by atoms with Gasteiger partial charge >= 0.3 is 0 Å². The predicted octanol–water partition coefficient (Wildman–Crippen LogP) is 2.18. The summed E-state index contributed by atoms with van der Waals surface area (Å²) in [6, 6.07) is 5.57. The van der Waals surface area contributed by atoms with Crippen LogP contribution >= 0.6 is 11.6 Å². The van der Waals surface area contributed by atoms with E-state index in [0.717, 1.165) is 48.6 Å². The fourth-order valence-electron chi connectivity index (χ4n) is 2.84. The maximum Gasteiger partial charge on any atom is 0.177 e. The number of halogens is 1. The van der Waals surface area contributed by atoms with Crippen molar-refractivity contribution in [1.82, 2.24) is 30.6 Å². The number of benzene rings is 1. The molecule has 0 unspecified atom stereocenters. The third-order valence-electron chi connectivity index (χ3n) is 4.04. The lowest BCUT2D eigenvalue weighted by atomic mass is 9.96. The quantitative estimate of drug-likeness (QED) is 0.780. The molecule has 0 aliphatic carbocycles. The van der Waals surface area contributed by atoms with Gasteiger partial charge in [0.05, 0.1) is 17.2 Å². The van der Waals surface area contributed by atoms with Gasteiger partial charge in [-0.25, -0.2) is 4.98 Å². The maximum atomic E-state index is 5.97. The molecule has 0 atom stereocenters. The van der Waals surface area contributed by atoms with Crippen molar-refractivity contribution < 1.29 is 0 Å². The molecule has 8 heteroatoms. The van der Waals surface area contributed by atoms with Gasteiger partial charge in [0.15, 0.2) is 5.82 Å². The summed E-state index contributed by atoms with van der Waals surface area (Å²) in [4.78, 5) is 11.4. The van der Waals surface area contributed by atoms with Crippen LogP contribution in [0.25, 0.3) is 11.0 Å². The summed E-state index contributed by atoms with van der Waals surface area (Å²) in [6.07, 6.45) is 3.78. The molecule has 1 aliphatic heterocycles. The number of aromatic amines is 1. The third kappa shape index (κ3) is 2.48. The summed E-state index contributed by atoms with van der Waals surface area (Å²) in [5, 5.41) is 15.0. The first-order valence-electron chi connectivity index (χ1n) is 7.20. The van der Waals surface area contributed by atoms with Crippen molar-refractivity contribution >= 4 is 28.5 Å². The minimum atomic E-state index is 0.363. The number of nitrogens with one attached hydrogen (secondary N) is 1. The van der Waals surface area contributed by atoms with E-state index in [-0.39, 0.29) is 0 Å². The molecule has 4 rings (SSSR count). The van der Waals surface area contributed by atoms with Gasteiger partial charge in [0.1, 0.15) is 5.82 Å². The van der Waals surface area contributed by atoms with Gasteiger partial charge in [-0.2, -0.15) is 5.21 Å². The molecule has 1 aliphatic rings. The molecule has 0 bridgehead atoms. The molecule has 0 amide bonds. The highest BCUT2D eigenvalue weighted by Crippen LogP contribution is 2.28. The van der Waals surface area contributed by atoms with Crippen LogP contribution < -0.4 is 4.90 Å². The zero-order valence-electron chi connectivity index (χ0n) is 11.8. The Kier molecular flexibility index (Phi) is 3.34. The van der Waals surface area contributed by atoms with Gasteiger partial charge in [0.25, 0.3) is 0 Å². The first-order valence-corrected chi connectivity index (χ1v) is 7.58. The van der Waals surface area contributed by atoms with E-state index in [1.165, 1.54) is 0 Å². The second kappa shape index (κ2) is 5.49. The summed E-state index contributed by atoms with van der Waals surface area (Å²) >= 11 is 5.97. The molecule has 3 aromatic rings. The molecule has 1 N–H and O–H groups in total. The van der Waals surface area contributed by atoms with Crippen LogP contribution in [0.3, 0.4) is 0 Å². The molecular weight excluding hydrogens is 302 g/mol. The molecular formula is C14H14ClN7. The van der Waals surface area contributed by atoms with Gasteiger partial charge in [-0.3, -0.25) is 4.98 Å². The summed E-state index contributed by atoms with van der Waals surface area (Å²) in [5.74, 6) is 2.07. The zero-order chi connectivity index (χ0) is 14.9. The van der Waals surface area contributed by atoms with E-state index in [0.29, 0.717) is 10.9 Å². The monoisotopic (exact) mass is 315 g/mol. The molecule has 1 fully saturated rings. The van der Waals surface area contributed by atoms with Crippen LogP contribution in [-0.2, 0) is 0 Å². The van der Waals surface area contributed by atoms with Crippen LogP contribution in [0.15, 0.2) is 24.4 Å². The van der Waals surface area contributed by atoms with E-state index >= 15 is 0 Å². The van der Waals surface area contributed by atoms with Crippen molar-refractivity contribution in [3.05, 3.63) is 35.2 Å². The van der Waals surface area contributed by atoms with Gasteiger partial charge in [-0.05, 0) is 31.0 Å². The number of anilines is 1. The Morgan fingerprint density at radius 1 is 1.18 bits per heavy atom. The molecule has 7 nitrogen and oxygen atoms in total. The number of tetrazole rings is 1. The number of H-pyrrole nitrogens is 1. The first kappa shape index (κ1) is 13.4.